The lowest BCUT2D eigenvalue weighted by Gasteiger charge is -2.17. The summed E-state index contributed by atoms with van der Waals surface area (Å²) in [5.41, 5.74) is 0.988. The third-order valence-corrected chi connectivity index (χ3v) is 3.65. The van der Waals surface area contributed by atoms with Gasteiger partial charge in [-0.15, -0.1) is 0 Å². The molecule has 0 aromatic heterocycles. The van der Waals surface area contributed by atoms with Gasteiger partial charge in [-0.25, -0.2) is 4.79 Å². The van der Waals surface area contributed by atoms with Gasteiger partial charge in [-0.05, 0) is 44.0 Å². The summed E-state index contributed by atoms with van der Waals surface area (Å²) in [4.78, 5) is 25.4. The second kappa shape index (κ2) is 11.4. The van der Waals surface area contributed by atoms with E-state index >= 15 is 0 Å². The molecule has 7 heteroatoms. The highest BCUT2D eigenvalue weighted by Gasteiger charge is 2.12. The molecule has 0 heterocycles. The van der Waals surface area contributed by atoms with Crippen LogP contribution in [-0.4, -0.2) is 50.7 Å². The molecular formula is C19H31N3O4. The number of nitrogens with one attached hydrogen (secondary N) is 2. The van der Waals surface area contributed by atoms with Crippen LogP contribution in [0.1, 0.15) is 32.8 Å². The average Bonchev–Trinajstić information content (AvgIpc) is 2.55. The molecule has 0 aliphatic heterocycles. The van der Waals surface area contributed by atoms with Crippen LogP contribution in [0.2, 0.25) is 0 Å². The number of hydrogen-bond acceptors (Lipinski definition) is 5. The highest BCUT2D eigenvalue weighted by atomic mass is 16.5. The smallest absolute Gasteiger partial charge is 0.321 e. The number of nitrogens with zero attached hydrogens (tertiary/aromatic N) is 1. The first-order chi connectivity index (χ1) is 12.3. The van der Waals surface area contributed by atoms with Gasteiger partial charge in [0.2, 0.25) is 5.91 Å². The molecule has 7 nitrogen and oxygen atoms in total. The van der Waals surface area contributed by atoms with Gasteiger partial charge >= 0.3 is 6.03 Å². The first-order valence-electron chi connectivity index (χ1n) is 8.91. The van der Waals surface area contributed by atoms with E-state index in [0.717, 1.165) is 12.0 Å². The molecule has 0 aliphatic rings. The summed E-state index contributed by atoms with van der Waals surface area (Å²) >= 11 is 0. The lowest BCUT2D eigenvalue weighted by molar-refractivity contribution is -0.120. The second-order valence-corrected chi connectivity index (χ2v) is 6.58. The van der Waals surface area contributed by atoms with Crippen molar-refractivity contribution in [2.45, 2.75) is 33.7 Å². The molecule has 0 saturated carbocycles. The van der Waals surface area contributed by atoms with Gasteiger partial charge < -0.3 is 14.8 Å². The van der Waals surface area contributed by atoms with E-state index in [4.69, 9.17) is 9.47 Å². The Morgan fingerprint density at radius 1 is 1.23 bits per heavy atom. The summed E-state index contributed by atoms with van der Waals surface area (Å²) in [6.07, 6.45) is 0.876. The number of rotatable bonds is 10. The topological polar surface area (TPSA) is 79.9 Å². The molecule has 0 unspecified atom stereocenters. The van der Waals surface area contributed by atoms with Crippen LogP contribution in [0.5, 0.6) is 11.5 Å². The Morgan fingerprint density at radius 2 is 1.96 bits per heavy atom. The molecule has 1 aromatic carbocycles. The van der Waals surface area contributed by atoms with E-state index in [9.17, 15) is 9.59 Å². The van der Waals surface area contributed by atoms with Gasteiger partial charge in [-0.1, -0.05) is 19.9 Å². The van der Waals surface area contributed by atoms with Gasteiger partial charge in [-0.2, -0.15) is 0 Å². The van der Waals surface area contributed by atoms with Crippen LogP contribution >= 0.6 is 0 Å². The molecule has 26 heavy (non-hydrogen) atoms. The van der Waals surface area contributed by atoms with Crippen LogP contribution in [0, 0.1) is 5.92 Å². The molecule has 0 saturated heterocycles. The van der Waals surface area contributed by atoms with Gasteiger partial charge in [0.05, 0.1) is 20.3 Å². The summed E-state index contributed by atoms with van der Waals surface area (Å²) in [6.45, 7) is 7.86. The summed E-state index contributed by atoms with van der Waals surface area (Å²) in [5.74, 6) is 1.51. The van der Waals surface area contributed by atoms with Crippen LogP contribution in [0.3, 0.4) is 0 Å². The second-order valence-electron chi connectivity index (χ2n) is 6.58. The highest BCUT2D eigenvalue weighted by molar-refractivity contribution is 5.95. The largest absolute Gasteiger partial charge is 0.493 e. The number of urea groups is 1. The molecule has 1 rings (SSSR count). The van der Waals surface area contributed by atoms with Crippen LogP contribution in [0.25, 0.3) is 0 Å². The van der Waals surface area contributed by atoms with E-state index in [1.807, 2.05) is 37.1 Å². The predicted octanol–water partition coefficient (Wildman–Crippen LogP) is 2.40. The van der Waals surface area contributed by atoms with Crippen molar-refractivity contribution < 1.29 is 19.1 Å². The Bertz CT molecular complexity index is 590. The van der Waals surface area contributed by atoms with Crippen molar-refractivity contribution in [3.05, 3.63) is 23.8 Å². The number of likely N-dealkylation sites (N-methyl/N-ethyl adjacent to an activating group) is 1. The Hall–Kier alpha value is -2.28. The Morgan fingerprint density at radius 3 is 2.58 bits per heavy atom. The maximum atomic E-state index is 12.0. The van der Waals surface area contributed by atoms with Crippen molar-refractivity contribution in [3.8, 4) is 11.5 Å². The summed E-state index contributed by atoms with van der Waals surface area (Å²) in [5, 5.41) is 5.02. The van der Waals surface area contributed by atoms with Crippen LogP contribution in [0.4, 0.5) is 4.79 Å². The first kappa shape index (κ1) is 21.8. The van der Waals surface area contributed by atoms with Crippen molar-refractivity contribution >= 4 is 11.9 Å². The molecule has 0 radical (unpaired) electrons. The standard InChI is InChI=1S/C19H31N3O4/c1-6-26-16-8-7-15(11-17(16)25-5)12-22(4)13-18(23)21-19(24)20-10-9-14(2)3/h7-8,11,14H,6,9-10,12-13H2,1-5H3,(H2,20,21,23,24). The molecule has 3 amide bonds. The molecule has 1 aromatic rings. The fourth-order valence-corrected chi connectivity index (χ4v) is 2.38. The van der Waals surface area contributed by atoms with E-state index < -0.39 is 6.03 Å². The van der Waals surface area contributed by atoms with E-state index in [2.05, 4.69) is 24.5 Å². The van der Waals surface area contributed by atoms with Gasteiger partial charge in [0.1, 0.15) is 0 Å². The SMILES string of the molecule is CCOc1ccc(CN(C)CC(=O)NC(=O)NCCC(C)C)cc1OC. The normalized spacial score (nSPS) is 10.7. The molecule has 0 aliphatic carbocycles. The third-order valence-electron chi connectivity index (χ3n) is 3.65. The number of amides is 3. The number of carbonyl (C=O) groups is 2. The van der Waals surface area contributed by atoms with Crippen molar-refractivity contribution in [3.63, 3.8) is 0 Å². The fraction of sp³-hybridized carbons (Fsp3) is 0.579. The van der Waals surface area contributed by atoms with Gasteiger partial charge in [0, 0.05) is 13.1 Å². The minimum atomic E-state index is -0.452. The number of imide groups is 1. The Labute approximate surface area is 156 Å². The first-order valence-corrected chi connectivity index (χ1v) is 8.91. The maximum absolute atomic E-state index is 12.0. The third kappa shape index (κ3) is 8.20. The summed E-state index contributed by atoms with van der Waals surface area (Å²) in [7, 11) is 3.41. The lowest BCUT2D eigenvalue weighted by atomic mass is 10.1. The highest BCUT2D eigenvalue weighted by Crippen LogP contribution is 2.28. The summed E-state index contributed by atoms with van der Waals surface area (Å²) < 4.78 is 10.8. The zero-order chi connectivity index (χ0) is 19.5. The van der Waals surface area contributed by atoms with Crippen molar-refractivity contribution in [2.24, 2.45) is 5.92 Å². The Kier molecular flexibility index (Phi) is 9.51. The number of ether oxygens (including phenoxy) is 2. The maximum Gasteiger partial charge on any atom is 0.321 e. The van der Waals surface area contributed by atoms with Gasteiger partial charge in [-0.3, -0.25) is 15.0 Å². The van der Waals surface area contributed by atoms with Crippen molar-refractivity contribution in [1.82, 2.24) is 15.5 Å². The van der Waals surface area contributed by atoms with Crippen LogP contribution < -0.4 is 20.1 Å². The summed E-state index contributed by atoms with van der Waals surface area (Å²) in [6, 6.07) is 5.22. The number of hydrogen-bond donors (Lipinski definition) is 2. The molecule has 146 valence electrons. The average molecular weight is 365 g/mol. The van der Waals surface area contributed by atoms with Crippen LogP contribution in [0.15, 0.2) is 18.2 Å². The van der Waals surface area contributed by atoms with E-state index in [1.54, 1.807) is 7.11 Å². The fourth-order valence-electron chi connectivity index (χ4n) is 2.38. The predicted molar refractivity (Wildman–Crippen MR) is 101 cm³/mol. The minimum Gasteiger partial charge on any atom is -0.493 e. The zero-order valence-electron chi connectivity index (χ0n) is 16.4. The van der Waals surface area contributed by atoms with Crippen molar-refractivity contribution in [2.75, 3.05) is 33.9 Å². The number of benzene rings is 1. The van der Waals surface area contributed by atoms with E-state index in [0.29, 0.717) is 37.1 Å². The van der Waals surface area contributed by atoms with E-state index in [1.165, 1.54) is 0 Å². The molecule has 2 N–H and O–H groups in total. The molecule has 0 fully saturated rings. The van der Waals surface area contributed by atoms with Gasteiger partial charge in [0.25, 0.3) is 0 Å². The Balaban J connectivity index is 2.46. The van der Waals surface area contributed by atoms with Crippen LogP contribution in [-0.2, 0) is 11.3 Å². The van der Waals surface area contributed by atoms with E-state index in [-0.39, 0.29) is 12.5 Å². The molecule has 0 bridgehead atoms. The quantitative estimate of drug-likeness (QED) is 0.666. The molecular weight excluding hydrogens is 334 g/mol. The zero-order valence-corrected chi connectivity index (χ0v) is 16.4. The number of carbonyl (C=O) groups excluding carboxylic acids is 2. The number of methoxy groups -OCH3 is 1. The van der Waals surface area contributed by atoms with Crippen molar-refractivity contribution in [1.29, 1.82) is 0 Å². The van der Waals surface area contributed by atoms with Gasteiger partial charge in [0.15, 0.2) is 11.5 Å². The minimum absolute atomic E-state index is 0.118. The molecule has 0 spiro atoms. The monoisotopic (exact) mass is 365 g/mol. The lowest BCUT2D eigenvalue weighted by Crippen LogP contribution is -2.44. The molecule has 0 atom stereocenters.